The van der Waals surface area contributed by atoms with Gasteiger partial charge in [-0.05, 0) is 32.4 Å². The molecule has 3 nitrogen and oxygen atoms in total. The van der Waals surface area contributed by atoms with E-state index in [9.17, 15) is 9.90 Å². The number of nitrogens with zero attached hydrogens (tertiary/aromatic N) is 1. The zero-order valence-corrected chi connectivity index (χ0v) is 33.1. The first-order valence-corrected chi connectivity index (χ1v) is 20.1. The molecule has 258 valence electrons. The molecule has 0 aliphatic rings. The normalized spacial score (nSPS) is 12.1. The number of hydrogen-bond donors (Lipinski definition) is 0. The van der Waals surface area contributed by atoms with Gasteiger partial charge in [-0.3, -0.25) is 4.90 Å². The van der Waals surface area contributed by atoms with Crippen LogP contribution in [0.1, 0.15) is 233 Å². The minimum atomic E-state index is -0.879. The maximum Gasteiger partial charge on any atom is 1.00 e. The molecule has 0 aliphatic heterocycles. The molecule has 4 heteroatoms. The summed E-state index contributed by atoms with van der Waals surface area (Å²) in [6.07, 6.45) is 44.6. The summed E-state index contributed by atoms with van der Waals surface area (Å²) >= 11 is 0. The fourth-order valence-corrected chi connectivity index (χ4v) is 6.72. The predicted octanol–water partition coefficient (Wildman–Crippen LogP) is 9.34. The van der Waals surface area contributed by atoms with Crippen LogP contribution in [0.3, 0.4) is 0 Å². The summed E-state index contributed by atoms with van der Waals surface area (Å²) in [5.74, 6) is -0.879. The molecule has 0 aliphatic carbocycles. The van der Waals surface area contributed by atoms with Crippen LogP contribution in [0.2, 0.25) is 0 Å². The van der Waals surface area contributed by atoms with Crippen LogP contribution in [0.4, 0.5) is 0 Å². The van der Waals surface area contributed by atoms with Gasteiger partial charge in [0.05, 0.1) is 5.97 Å². The van der Waals surface area contributed by atoms with Crippen molar-refractivity contribution in [1.29, 1.82) is 0 Å². The summed E-state index contributed by atoms with van der Waals surface area (Å²) < 4.78 is 0. The van der Waals surface area contributed by atoms with E-state index < -0.39 is 12.0 Å². The van der Waals surface area contributed by atoms with Crippen molar-refractivity contribution >= 4 is 5.97 Å². The van der Waals surface area contributed by atoms with E-state index in [2.05, 4.69) is 18.7 Å². The van der Waals surface area contributed by atoms with Crippen LogP contribution in [0.5, 0.6) is 0 Å². The fourth-order valence-electron chi connectivity index (χ4n) is 6.72. The van der Waals surface area contributed by atoms with Crippen molar-refractivity contribution in [3.63, 3.8) is 0 Å². The predicted molar refractivity (Wildman–Crippen MR) is 190 cm³/mol. The minimum Gasteiger partial charge on any atom is -0.548 e. The first-order chi connectivity index (χ1) is 21.2. The molecular formula is C40H80NNaO2. The van der Waals surface area contributed by atoms with E-state index in [4.69, 9.17) is 0 Å². The second kappa shape index (κ2) is 39.6. The van der Waals surface area contributed by atoms with Gasteiger partial charge in [-0.15, -0.1) is 0 Å². The second-order valence-electron chi connectivity index (χ2n) is 13.9. The summed E-state index contributed by atoms with van der Waals surface area (Å²) in [5, 5.41) is 11.8. The van der Waals surface area contributed by atoms with Crippen molar-refractivity contribution in [1.82, 2.24) is 4.90 Å². The van der Waals surface area contributed by atoms with Gasteiger partial charge < -0.3 is 9.90 Å². The number of carbonyl (C=O) groups excluding carboxylic acids is 1. The average molecular weight is 630 g/mol. The fraction of sp³-hybridized carbons (Fsp3) is 0.975. The Morgan fingerprint density at radius 3 is 0.795 bits per heavy atom. The van der Waals surface area contributed by atoms with Crippen LogP contribution in [-0.2, 0) is 4.79 Å². The molecule has 0 N–H and O–H groups in total. The Morgan fingerprint density at radius 1 is 0.409 bits per heavy atom. The van der Waals surface area contributed by atoms with Crippen LogP contribution in [0.25, 0.3) is 0 Å². The third kappa shape index (κ3) is 33.8. The van der Waals surface area contributed by atoms with Crippen molar-refractivity contribution in [2.24, 2.45) is 0 Å². The Labute approximate surface area is 300 Å². The van der Waals surface area contributed by atoms with Crippen LogP contribution < -0.4 is 34.7 Å². The number of carboxylic acids is 1. The average Bonchev–Trinajstić information content (AvgIpc) is 3.00. The van der Waals surface area contributed by atoms with E-state index in [1.807, 2.05) is 6.92 Å². The minimum absolute atomic E-state index is 0. The van der Waals surface area contributed by atoms with Crippen molar-refractivity contribution < 1.29 is 39.5 Å². The number of hydrogen-bond acceptors (Lipinski definition) is 3. The zero-order chi connectivity index (χ0) is 31.5. The molecule has 0 aromatic rings. The molecule has 0 radical (unpaired) electrons. The first kappa shape index (κ1) is 46.5. The van der Waals surface area contributed by atoms with Crippen molar-refractivity contribution in [2.45, 2.75) is 239 Å². The van der Waals surface area contributed by atoms with Crippen LogP contribution >= 0.6 is 0 Å². The van der Waals surface area contributed by atoms with Crippen LogP contribution in [0, 0.1) is 0 Å². The summed E-state index contributed by atoms with van der Waals surface area (Å²) in [6, 6.07) is -0.410. The third-order valence-corrected chi connectivity index (χ3v) is 9.70. The number of aliphatic carboxylic acids is 1. The van der Waals surface area contributed by atoms with E-state index in [0.717, 1.165) is 25.9 Å². The molecule has 0 amide bonds. The number of carboxylic acid groups (broad SMARTS) is 1. The van der Waals surface area contributed by atoms with Crippen molar-refractivity contribution in [3.8, 4) is 0 Å². The van der Waals surface area contributed by atoms with Gasteiger partial charge in [0.15, 0.2) is 0 Å². The van der Waals surface area contributed by atoms with Gasteiger partial charge in [-0.1, -0.05) is 213 Å². The SMILES string of the molecule is CCCCCCCCCCCCCCCCCCN(CCCCCCCCCCCCCCCCCC)C(CC)C(=O)[O-].[Na+]. The number of carbonyl (C=O) groups is 1. The molecule has 0 saturated heterocycles. The standard InChI is InChI=1S/C40H81NO2.Na/c1-4-7-9-11-13-15-17-19-21-23-25-27-29-31-33-35-37-41(39(6-3)40(42)43)38-36-34-32-30-28-26-24-22-20-18-16-14-12-10-8-5-2;/h39H,4-38H2,1-3H3,(H,42,43);/q;+1/p-1. The summed E-state index contributed by atoms with van der Waals surface area (Å²) in [5.41, 5.74) is 0. The van der Waals surface area contributed by atoms with Gasteiger partial charge in [-0.2, -0.15) is 0 Å². The van der Waals surface area contributed by atoms with Crippen molar-refractivity contribution in [3.05, 3.63) is 0 Å². The molecule has 1 atom stereocenters. The molecule has 0 bridgehead atoms. The topological polar surface area (TPSA) is 43.4 Å². The molecular weight excluding hydrogens is 549 g/mol. The largest absolute Gasteiger partial charge is 1.00 e. The molecule has 0 saturated carbocycles. The smallest absolute Gasteiger partial charge is 0.548 e. The Morgan fingerprint density at radius 2 is 0.614 bits per heavy atom. The molecule has 44 heavy (non-hydrogen) atoms. The first-order valence-electron chi connectivity index (χ1n) is 20.1. The third-order valence-electron chi connectivity index (χ3n) is 9.70. The Balaban J connectivity index is 0. The molecule has 0 aromatic heterocycles. The van der Waals surface area contributed by atoms with Gasteiger partial charge in [0.1, 0.15) is 0 Å². The second-order valence-corrected chi connectivity index (χ2v) is 13.9. The maximum atomic E-state index is 11.8. The number of rotatable bonds is 37. The molecule has 1 unspecified atom stereocenters. The van der Waals surface area contributed by atoms with E-state index in [1.165, 1.54) is 193 Å². The van der Waals surface area contributed by atoms with E-state index in [1.54, 1.807) is 0 Å². The Hall–Kier alpha value is 0.430. The monoisotopic (exact) mass is 630 g/mol. The van der Waals surface area contributed by atoms with Gasteiger partial charge in [0.2, 0.25) is 0 Å². The molecule has 0 heterocycles. The van der Waals surface area contributed by atoms with Gasteiger partial charge in [0, 0.05) is 6.04 Å². The van der Waals surface area contributed by atoms with E-state index in [-0.39, 0.29) is 29.6 Å². The molecule has 0 aromatic carbocycles. The maximum absolute atomic E-state index is 11.8. The molecule has 0 rings (SSSR count). The van der Waals surface area contributed by atoms with E-state index in [0.29, 0.717) is 6.42 Å². The van der Waals surface area contributed by atoms with E-state index >= 15 is 0 Å². The van der Waals surface area contributed by atoms with Crippen molar-refractivity contribution in [2.75, 3.05) is 13.1 Å². The molecule has 0 spiro atoms. The number of unbranched alkanes of at least 4 members (excludes halogenated alkanes) is 30. The van der Waals surface area contributed by atoms with Gasteiger partial charge in [-0.25, -0.2) is 0 Å². The summed E-state index contributed by atoms with van der Waals surface area (Å²) in [4.78, 5) is 14.0. The Bertz CT molecular complexity index is 507. The van der Waals surface area contributed by atoms with Crippen LogP contribution in [-0.4, -0.2) is 30.0 Å². The van der Waals surface area contributed by atoms with Crippen LogP contribution in [0.15, 0.2) is 0 Å². The van der Waals surface area contributed by atoms with Gasteiger partial charge in [0.25, 0.3) is 0 Å². The summed E-state index contributed by atoms with van der Waals surface area (Å²) in [7, 11) is 0. The Kier molecular flexibility index (Phi) is 41.9. The van der Waals surface area contributed by atoms with Gasteiger partial charge >= 0.3 is 29.6 Å². The quantitative estimate of drug-likeness (QED) is 0.0508. The summed E-state index contributed by atoms with van der Waals surface area (Å²) in [6.45, 7) is 8.42. The molecule has 0 fully saturated rings. The zero-order valence-electron chi connectivity index (χ0n) is 31.1.